The Morgan fingerprint density at radius 2 is 1.76 bits per heavy atom. The number of aromatic nitrogens is 3. The third-order valence-corrected chi connectivity index (χ3v) is 8.24. The minimum Gasteiger partial charge on any atom is -0.298 e. The van der Waals surface area contributed by atoms with Crippen LogP contribution in [0.5, 0.6) is 0 Å². The van der Waals surface area contributed by atoms with Crippen molar-refractivity contribution >= 4 is 15.5 Å². The van der Waals surface area contributed by atoms with Crippen LogP contribution < -0.4 is 5.56 Å². The molecule has 1 aliphatic carbocycles. The van der Waals surface area contributed by atoms with Crippen molar-refractivity contribution in [2.75, 3.05) is 26.2 Å². The molecule has 0 aromatic carbocycles. The molecule has 9 heteroatoms. The van der Waals surface area contributed by atoms with Gasteiger partial charge in [-0.2, -0.15) is 9.40 Å². The summed E-state index contributed by atoms with van der Waals surface area (Å²) in [4.78, 5) is 15.3. The first-order valence-corrected chi connectivity index (χ1v) is 12.3. The Morgan fingerprint density at radius 1 is 1.07 bits per heavy atom. The van der Waals surface area contributed by atoms with E-state index >= 15 is 0 Å². The predicted octanol–water partition coefficient (Wildman–Crippen LogP) is 1.72. The number of fused-ring (bicyclic) bond motifs is 1. The zero-order valence-corrected chi connectivity index (χ0v) is 18.2. The minimum absolute atomic E-state index is 0.186. The molecular weight excluding hydrogens is 390 g/mol. The Bertz CT molecular complexity index is 1030. The molecule has 0 atom stereocenters. The van der Waals surface area contributed by atoms with Crippen molar-refractivity contribution < 1.29 is 8.42 Å². The van der Waals surface area contributed by atoms with Gasteiger partial charge in [-0.05, 0) is 25.8 Å². The van der Waals surface area contributed by atoms with Crippen molar-refractivity contribution in [1.82, 2.24) is 23.4 Å². The molecule has 8 nitrogen and oxygen atoms in total. The van der Waals surface area contributed by atoms with Crippen molar-refractivity contribution in [3.63, 3.8) is 0 Å². The maximum absolute atomic E-state index is 13.3. The van der Waals surface area contributed by atoms with Crippen LogP contribution >= 0.6 is 0 Å². The summed E-state index contributed by atoms with van der Waals surface area (Å²) in [7, 11) is -3.63. The van der Waals surface area contributed by atoms with Crippen molar-refractivity contribution in [2.24, 2.45) is 0 Å². The molecule has 0 bridgehead atoms. The Kier molecular flexibility index (Phi) is 5.81. The lowest BCUT2D eigenvalue weighted by molar-refractivity contribution is 0.111. The minimum atomic E-state index is -3.63. The highest BCUT2D eigenvalue weighted by atomic mass is 32.2. The molecule has 0 radical (unpaired) electrons. The molecule has 1 saturated carbocycles. The molecular formula is C20H31N5O3S. The van der Waals surface area contributed by atoms with Gasteiger partial charge in [0.25, 0.3) is 5.56 Å². The van der Waals surface area contributed by atoms with Crippen LogP contribution in [0, 0.1) is 0 Å². The second kappa shape index (κ2) is 8.20. The van der Waals surface area contributed by atoms with Crippen molar-refractivity contribution in [2.45, 2.75) is 69.9 Å². The van der Waals surface area contributed by atoms with E-state index in [-0.39, 0.29) is 10.5 Å². The fourth-order valence-electron chi connectivity index (χ4n) is 4.68. The van der Waals surface area contributed by atoms with Gasteiger partial charge in [-0.15, -0.1) is 0 Å². The average molecular weight is 422 g/mol. The van der Waals surface area contributed by atoms with E-state index in [0.717, 1.165) is 13.1 Å². The topological polar surface area (TPSA) is 79.9 Å². The monoisotopic (exact) mass is 421 g/mol. The quantitative estimate of drug-likeness (QED) is 0.734. The molecule has 3 heterocycles. The lowest BCUT2D eigenvalue weighted by atomic mass is 9.94. The second-order valence-corrected chi connectivity index (χ2v) is 9.99. The molecule has 0 spiro atoms. The van der Waals surface area contributed by atoms with Crippen LogP contribution in [0.1, 0.15) is 51.8 Å². The van der Waals surface area contributed by atoms with Crippen LogP contribution in [0.25, 0.3) is 5.52 Å². The Balaban J connectivity index is 1.58. The van der Waals surface area contributed by atoms with Crippen LogP contribution in [0.3, 0.4) is 0 Å². The van der Waals surface area contributed by atoms with Gasteiger partial charge in [0.2, 0.25) is 10.0 Å². The van der Waals surface area contributed by atoms with E-state index in [1.807, 2.05) is 13.8 Å². The van der Waals surface area contributed by atoms with E-state index < -0.39 is 10.0 Å². The highest BCUT2D eigenvalue weighted by Gasteiger charge is 2.32. The van der Waals surface area contributed by atoms with E-state index in [1.54, 1.807) is 14.9 Å². The number of rotatable bonds is 5. The van der Waals surface area contributed by atoms with Gasteiger partial charge >= 0.3 is 0 Å². The van der Waals surface area contributed by atoms with Crippen LogP contribution in [0.2, 0.25) is 0 Å². The fourth-order valence-corrected chi connectivity index (χ4v) is 6.12. The van der Waals surface area contributed by atoms with Crippen LogP contribution in [0.15, 0.2) is 22.0 Å². The van der Waals surface area contributed by atoms with E-state index in [2.05, 4.69) is 10.00 Å². The van der Waals surface area contributed by atoms with Crippen molar-refractivity contribution in [3.05, 3.63) is 28.4 Å². The third kappa shape index (κ3) is 3.75. The van der Waals surface area contributed by atoms with Gasteiger partial charge in [0.05, 0.1) is 0 Å². The number of hydrogen-bond donors (Lipinski definition) is 0. The molecule has 2 aliphatic rings. The molecule has 4 rings (SSSR count). The zero-order chi connectivity index (χ0) is 20.6. The van der Waals surface area contributed by atoms with Crippen molar-refractivity contribution in [1.29, 1.82) is 0 Å². The van der Waals surface area contributed by atoms with Crippen LogP contribution in [-0.2, 0) is 23.0 Å². The molecule has 2 aromatic heterocycles. The summed E-state index contributed by atoms with van der Waals surface area (Å²) in [6, 6.07) is 2.12. The lowest BCUT2D eigenvalue weighted by Gasteiger charge is -2.40. The number of aryl methyl sites for hydroxylation is 2. The molecule has 2 aromatic rings. The molecule has 0 N–H and O–H groups in total. The van der Waals surface area contributed by atoms with Crippen LogP contribution in [0.4, 0.5) is 0 Å². The first-order valence-electron chi connectivity index (χ1n) is 10.8. The van der Waals surface area contributed by atoms with E-state index in [1.165, 1.54) is 42.9 Å². The van der Waals surface area contributed by atoms with Gasteiger partial charge in [-0.1, -0.05) is 26.2 Å². The zero-order valence-electron chi connectivity index (χ0n) is 17.4. The molecule has 0 unspecified atom stereocenters. The van der Waals surface area contributed by atoms with Crippen LogP contribution in [-0.4, -0.2) is 64.0 Å². The first kappa shape index (κ1) is 20.6. The van der Waals surface area contributed by atoms with Gasteiger partial charge in [0.1, 0.15) is 16.2 Å². The number of nitrogens with zero attached hydrogens (tertiary/aromatic N) is 5. The number of hydrogen-bond acceptors (Lipinski definition) is 5. The third-order valence-electron chi connectivity index (χ3n) is 6.38. The summed E-state index contributed by atoms with van der Waals surface area (Å²) in [5, 5.41) is 4.36. The standard InChI is InChI=1S/C20H31N5O3S/c1-3-19-21-25(4-2)20(26)18-14-17(15-24(18)19)29(27,28)23-12-10-22(11-13-23)16-8-6-5-7-9-16/h14-16H,3-13H2,1-2H3. The lowest BCUT2D eigenvalue weighted by Crippen LogP contribution is -2.52. The summed E-state index contributed by atoms with van der Waals surface area (Å²) in [5.74, 6) is 0.685. The molecule has 160 valence electrons. The maximum atomic E-state index is 13.3. The second-order valence-electron chi connectivity index (χ2n) is 8.05. The maximum Gasteiger partial charge on any atom is 0.291 e. The number of piperazine rings is 1. The molecule has 0 amide bonds. The molecule has 2 fully saturated rings. The summed E-state index contributed by atoms with van der Waals surface area (Å²) < 4.78 is 31.1. The highest BCUT2D eigenvalue weighted by Crippen LogP contribution is 2.25. The summed E-state index contributed by atoms with van der Waals surface area (Å²) in [5.41, 5.74) is 0.117. The smallest absolute Gasteiger partial charge is 0.291 e. The van der Waals surface area contributed by atoms with Gasteiger partial charge in [-0.25, -0.2) is 13.1 Å². The normalized spacial score (nSPS) is 20.5. The fraction of sp³-hybridized carbons (Fsp3) is 0.700. The highest BCUT2D eigenvalue weighted by molar-refractivity contribution is 7.89. The van der Waals surface area contributed by atoms with Gasteiger partial charge < -0.3 is 0 Å². The largest absolute Gasteiger partial charge is 0.298 e. The molecule has 1 aliphatic heterocycles. The summed E-state index contributed by atoms with van der Waals surface area (Å²) in [6.45, 7) is 6.83. The average Bonchev–Trinajstić information content (AvgIpc) is 3.22. The van der Waals surface area contributed by atoms with Gasteiger partial charge in [-0.3, -0.25) is 14.1 Å². The summed E-state index contributed by atoms with van der Waals surface area (Å²) in [6.07, 6.45) is 8.52. The van der Waals surface area contributed by atoms with E-state index in [0.29, 0.717) is 43.4 Å². The first-order chi connectivity index (χ1) is 14.0. The summed E-state index contributed by atoms with van der Waals surface area (Å²) >= 11 is 0. The predicted molar refractivity (Wildman–Crippen MR) is 112 cm³/mol. The van der Waals surface area contributed by atoms with Gasteiger partial charge in [0.15, 0.2) is 0 Å². The SMILES string of the molecule is CCc1nn(CC)c(=O)c2cc(S(=O)(=O)N3CCN(C4CCCCC4)CC3)cn12. The van der Waals surface area contributed by atoms with Crippen molar-refractivity contribution in [3.8, 4) is 0 Å². The van der Waals surface area contributed by atoms with E-state index in [4.69, 9.17) is 0 Å². The Morgan fingerprint density at radius 3 is 2.38 bits per heavy atom. The van der Waals surface area contributed by atoms with Gasteiger partial charge in [0, 0.05) is 51.4 Å². The molecule has 1 saturated heterocycles. The van der Waals surface area contributed by atoms with E-state index in [9.17, 15) is 13.2 Å². The Labute approximate surface area is 172 Å². The number of sulfonamides is 1. The molecule has 29 heavy (non-hydrogen) atoms. The Hall–Kier alpha value is -1.71.